The van der Waals surface area contributed by atoms with Crippen LogP contribution in [-0.2, 0) is 42.0 Å². The molecular weight excluding hydrogens is 703 g/mol. The van der Waals surface area contributed by atoms with E-state index in [2.05, 4.69) is 15.1 Å². The van der Waals surface area contributed by atoms with E-state index in [0.717, 1.165) is 36.6 Å². The van der Waals surface area contributed by atoms with E-state index >= 15 is 9.18 Å². The van der Waals surface area contributed by atoms with Gasteiger partial charge in [-0.1, -0.05) is 29.8 Å². The number of hydrogen-bond acceptors (Lipinski definition) is 9. The minimum atomic E-state index is -1.54. The molecule has 3 aliphatic rings. The number of amides is 1. The minimum absolute atomic E-state index is 0.104. The predicted molar refractivity (Wildman–Crippen MR) is 200 cm³/mol. The minimum Gasteiger partial charge on any atom is -0.466 e. The summed E-state index contributed by atoms with van der Waals surface area (Å²) in [7, 11) is 5.16. The number of rotatable bonds is 15. The van der Waals surface area contributed by atoms with Crippen molar-refractivity contribution in [3.05, 3.63) is 64.6 Å². The fourth-order valence-corrected chi connectivity index (χ4v) is 8.84. The lowest BCUT2D eigenvalue weighted by Gasteiger charge is -2.52. The Morgan fingerprint density at radius 2 is 1.62 bits per heavy atom. The Hall–Kier alpha value is -3.39. The smallest absolute Gasteiger partial charge is 0.308 e. The molecule has 1 aliphatic carbocycles. The van der Waals surface area contributed by atoms with E-state index < -0.39 is 17.6 Å². The number of benzene rings is 2. The van der Waals surface area contributed by atoms with Gasteiger partial charge in [0.25, 0.3) is 5.91 Å². The average Bonchev–Trinajstić information content (AvgIpc) is 3.91. The first-order valence-electron chi connectivity index (χ1n) is 18.8. The number of ether oxygens (including phenoxy) is 4. The summed E-state index contributed by atoms with van der Waals surface area (Å²) >= 11 is 6.73. The van der Waals surface area contributed by atoms with Crippen LogP contribution in [0.3, 0.4) is 0 Å². The predicted octanol–water partition coefficient (Wildman–Crippen LogP) is 6.35. The molecule has 3 atom stereocenters. The second kappa shape index (κ2) is 17.4. The molecule has 2 aromatic carbocycles. The van der Waals surface area contributed by atoms with E-state index in [1.807, 2.05) is 35.9 Å². The number of nitrogens with zero attached hydrogens (tertiary/aromatic N) is 3. The second-order valence-corrected chi connectivity index (χ2v) is 14.9. The van der Waals surface area contributed by atoms with Crippen molar-refractivity contribution in [1.82, 2.24) is 14.4 Å². The van der Waals surface area contributed by atoms with Crippen molar-refractivity contribution in [2.24, 2.45) is 13.0 Å². The molecule has 0 spiro atoms. The zero-order chi connectivity index (χ0) is 37.7. The molecule has 288 valence electrons. The maximum absolute atomic E-state index is 16.2. The number of hydrogen-bond donors (Lipinski definition) is 1. The lowest BCUT2D eigenvalue weighted by Crippen LogP contribution is -2.71. The fourth-order valence-electron chi connectivity index (χ4n) is 8.60. The molecule has 6 rings (SSSR count). The number of halogens is 2. The number of Topliss-reactive ketones (excluding diaryl/α,β-unsaturated/α-hetero) is 1. The highest BCUT2D eigenvalue weighted by Gasteiger charge is 2.58. The van der Waals surface area contributed by atoms with Crippen LogP contribution in [0.1, 0.15) is 74.2 Å². The van der Waals surface area contributed by atoms with Gasteiger partial charge >= 0.3 is 5.97 Å². The van der Waals surface area contributed by atoms with Gasteiger partial charge < -0.3 is 28.8 Å². The number of likely N-dealkylation sites (tertiary alicyclic amines) is 2. The van der Waals surface area contributed by atoms with E-state index in [4.69, 9.17) is 30.5 Å². The van der Waals surface area contributed by atoms with Crippen molar-refractivity contribution in [1.29, 1.82) is 0 Å². The van der Waals surface area contributed by atoms with Crippen LogP contribution in [0, 0.1) is 11.7 Å². The van der Waals surface area contributed by atoms with E-state index in [1.165, 1.54) is 12.1 Å². The monoisotopic (exact) mass is 754 g/mol. The quantitative estimate of drug-likeness (QED) is 0.178. The number of anilines is 1. The zero-order valence-electron chi connectivity index (χ0n) is 31.2. The molecule has 1 N–H and O–H groups in total. The van der Waals surface area contributed by atoms with Gasteiger partial charge in [-0.3, -0.25) is 19.3 Å². The number of ketones is 1. The highest BCUT2D eigenvalue weighted by Crippen LogP contribution is 2.42. The number of esters is 1. The first-order chi connectivity index (χ1) is 25.6. The summed E-state index contributed by atoms with van der Waals surface area (Å²) in [5, 5.41) is 3.65. The van der Waals surface area contributed by atoms with Gasteiger partial charge in [-0.2, -0.15) is 0 Å². The van der Waals surface area contributed by atoms with Crippen LogP contribution in [-0.4, -0.2) is 103 Å². The molecule has 11 nitrogen and oxygen atoms in total. The van der Waals surface area contributed by atoms with Gasteiger partial charge in [0.2, 0.25) is 5.85 Å². The van der Waals surface area contributed by atoms with Gasteiger partial charge in [-0.05, 0) is 82.1 Å². The van der Waals surface area contributed by atoms with Crippen molar-refractivity contribution < 1.29 is 37.7 Å². The Morgan fingerprint density at radius 1 is 0.962 bits per heavy atom. The third kappa shape index (κ3) is 8.18. The van der Waals surface area contributed by atoms with E-state index in [0.29, 0.717) is 64.2 Å². The van der Waals surface area contributed by atoms with Crippen molar-refractivity contribution in [2.75, 3.05) is 52.4 Å². The van der Waals surface area contributed by atoms with Crippen LogP contribution in [0.4, 0.5) is 10.1 Å². The summed E-state index contributed by atoms with van der Waals surface area (Å²) in [5.74, 6) is -3.34. The van der Waals surface area contributed by atoms with Crippen LogP contribution in [0.25, 0.3) is 10.9 Å². The largest absolute Gasteiger partial charge is 0.466 e. The highest BCUT2D eigenvalue weighted by molar-refractivity contribution is 6.34. The number of nitrogens with one attached hydrogen (secondary N) is 1. The summed E-state index contributed by atoms with van der Waals surface area (Å²) < 4.78 is 41.9. The SMILES string of the molecule is CCOC(=O)[C@H]1CC[C@H](OC(C(=O)Cc2cc(Cl)c(NC(=O)c3cn(C)c4ccccc34)cc2F)(N2CCCC2)N2[C@@H](COC)CC[C@H]2COC)CC1. The van der Waals surface area contributed by atoms with Gasteiger partial charge in [0.05, 0.1) is 48.1 Å². The Balaban J connectivity index is 1.32. The molecule has 1 saturated carbocycles. The number of carbonyl (C=O) groups excluding carboxylic acids is 3. The molecule has 13 heteroatoms. The van der Waals surface area contributed by atoms with E-state index in [9.17, 15) is 9.59 Å². The molecule has 1 aromatic heterocycles. The Morgan fingerprint density at radius 3 is 2.26 bits per heavy atom. The fraction of sp³-hybridized carbons (Fsp3) is 0.575. The molecule has 1 amide bonds. The Kier molecular flexibility index (Phi) is 12.9. The number of aromatic nitrogens is 1. The van der Waals surface area contributed by atoms with Gasteiger partial charge in [0, 0.05) is 70.0 Å². The third-order valence-electron chi connectivity index (χ3n) is 11.1. The maximum Gasteiger partial charge on any atom is 0.308 e. The Bertz CT molecular complexity index is 1760. The molecule has 53 heavy (non-hydrogen) atoms. The van der Waals surface area contributed by atoms with Gasteiger partial charge in [-0.15, -0.1) is 0 Å². The maximum atomic E-state index is 16.2. The van der Waals surface area contributed by atoms with Crippen LogP contribution in [0.5, 0.6) is 0 Å². The topological polar surface area (TPSA) is 112 Å². The summed E-state index contributed by atoms with van der Waals surface area (Å²) in [4.78, 5) is 45.5. The molecule has 0 bridgehead atoms. The first-order valence-corrected chi connectivity index (χ1v) is 19.2. The van der Waals surface area contributed by atoms with Crippen LogP contribution in [0.15, 0.2) is 42.6 Å². The highest BCUT2D eigenvalue weighted by atomic mass is 35.5. The molecular formula is C40H52ClFN4O7. The first kappa shape index (κ1) is 39.3. The normalized spacial score (nSPS) is 23.7. The Labute approximate surface area is 316 Å². The molecule has 2 aliphatic heterocycles. The van der Waals surface area contributed by atoms with E-state index in [-0.39, 0.29) is 58.6 Å². The van der Waals surface area contributed by atoms with E-state index in [1.54, 1.807) is 27.3 Å². The number of carbonyl (C=O) groups is 3. The third-order valence-corrected chi connectivity index (χ3v) is 11.4. The number of methoxy groups -OCH3 is 2. The summed E-state index contributed by atoms with van der Waals surface area (Å²) in [5.41, 5.74) is 1.54. The molecule has 1 unspecified atom stereocenters. The van der Waals surface area contributed by atoms with Crippen molar-refractivity contribution in [2.45, 2.75) is 88.7 Å². The summed E-state index contributed by atoms with van der Waals surface area (Å²) in [6.45, 7) is 4.15. The second-order valence-electron chi connectivity index (χ2n) is 14.5. The number of aryl methyl sites for hydroxylation is 1. The van der Waals surface area contributed by atoms with Gasteiger partial charge in [0.15, 0.2) is 5.78 Å². The van der Waals surface area contributed by atoms with Crippen LogP contribution >= 0.6 is 11.6 Å². The molecule has 0 radical (unpaired) electrons. The lowest BCUT2D eigenvalue weighted by molar-refractivity contribution is -0.270. The number of para-hydroxylation sites is 1. The molecule has 3 fully saturated rings. The van der Waals surface area contributed by atoms with Crippen molar-refractivity contribution >= 4 is 45.9 Å². The van der Waals surface area contributed by atoms with Crippen LogP contribution < -0.4 is 5.32 Å². The summed E-state index contributed by atoms with van der Waals surface area (Å²) in [6, 6.07) is 9.83. The van der Waals surface area contributed by atoms with Crippen LogP contribution in [0.2, 0.25) is 5.02 Å². The standard InChI is InChI=1S/C40H52ClFN4O7/c1-5-52-39(49)26-12-16-30(17-13-26)53-40(45-18-8-9-19-45,46-28(24-50-3)14-15-29(46)25-51-4)37(47)21-27-20-33(41)35(22-34(27)42)43-38(48)32-23-44(2)36-11-7-6-10-31(32)36/h6-7,10-11,20,22-23,26,28-30H,5,8-9,12-19,21,24-25H2,1-4H3,(H,43,48)/t26-,28-,29+,30-,40?. The molecule has 3 heterocycles. The number of fused-ring (bicyclic) bond motifs is 1. The molecule has 2 saturated heterocycles. The van der Waals surface area contributed by atoms with Gasteiger partial charge in [-0.25, -0.2) is 9.29 Å². The zero-order valence-corrected chi connectivity index (χ0v) is 32.0. The lowest BCUT2D eigenvalue weighted by atomic mass is 9.87. The van der Waals surface area contributed by atoms with Crippen molar-refractivity contribution in [3.63, 3.8) is 0 Å². The molecule has 3 aromatic rings. The van der Waals surface area contributed by atoms with Crippen molar-refractivity contribution in [3.8, 4) is 0 Å². The summed E-state index contributed by atoms with van der Waals surface area (Å²) in [6.07, 6.45) is 6.76. The van der Waals surface area contributed by atoms with Gasteiger partial charge in [0.1, 0.15) is 5.82 Å². The average molecular weight is 755 g/mol.